The number of carbonyl (C=O) groups excluding carboxylic acids is 1. The number of ketones is 1. The van der Waals surface area contributed by atoms with Crippen molar-refractivity contribution in [2.24, 2.45) is 0 Å². The Bertz CT molecular complexity index is 507. The monoisotopic (exact) mass is 308 g/mol. The molecule has 1 fully saturated rings. The van der Waals surface area contributed by atoms with Crippen LogP contribution in [0.4, 0.5) is 0 Å². The first-order chi connectivity index (χ1) is 10.5. The predicted molar refractivity (Wildman–Crippen MR) is 84.1 cm³/mol. The van der Waals surface area contributed by atoms with Gasteiger partial charge in [0.25, 0.3) is 0 Å². The zero-order valence-electron chi connectivity index (χ0n) is 13.8. The van der Waals surface area contributed by atoms with Gasteiger partial charge < -0.3 is 19.1 Å². The summed E-state index contributed by atoms with van der Waals surface area (Å²) >= 11 is 0. The van der Waals surface area contributed by atoms with Gasteiger partial charge >= 0.3 is 0 Å². The summed E-state index contributed by atoms with van der Waals surface area (Å²) in [5.41, 5.74) is 0.630. The van der Waals surface area contributed by atoms with Crippen molar-refractivity contribution < 1.29 is 23.9 Å². The normalized spacial score (nSPS) is 24.8. The van der Waals surface area contributed by atoms with E-state index < -0.39 is 0 Å². The van der Waals surface area contributed by atoms with Gasteiger partial charge in [0, 0.05) is 5.56 Å². The Labute approximate surface area is 132 Å². The van der Waals surface area contributed by atoms with E-state index in [0.29, 0.717) is 35.9 Å². The van der Waals surface area contributed by atoms with Gasteiger partial charge in [-0.3, -0.25) is 4.79 Å². The number of morpholine rings is 1. The quantitative estimate of drug-likeness (QED) is 0.796. The van der Waals surface area contributed by atoms with E-state index in [1.807, 2.05) is 0 Å². The van der Waals surface area contributed by atoms with Crippen molar-refractivity contribution >= 4 is 5.78 Å². The van der Waals surface area contributed by atoms with Crippen molar-refractivity contribution in [1.29, 1.82) is 0 Å². The first-order valence-corrected chi connectivity index (χ1v) is 7.80. The average Bonchev–Trinajstić information content (AvgIpc) is 2.46. The zero-order chi connectivity index (χ0) is 16.1. The summed E-state index contributed by atoms with van der Waals surface area (Å²) in [7, 11) is 1.59. The second-order valence-electron chi connectivity index (χ2n) is 5.94. The average molecular weight is 308 g/mol. The van der Waals surface area contributed by atoms with E-state index in [9.17, 15) is 4.79 Å². The molecule has 1 N–H and O–H groups in total. The molecule has 1 aliphatic rings. The molecule has 0 unspecified atom stereocenters. The van der Waals surface area contributed by atoms with E-state index in [1.165, 1.54) is 4.90 Å². The molecule has 2 rings (SSSR count). The first kappa shape index (κ1) is 16.8. The molecule has 0 spiro atoms. The maximum absolute atomic E-state index is 11.4. The number of hydrogen-bond donors (Lipinski definition) is 1. The highest BCUT2D eigenvalue weighted by Gasteiger charge is 2.25. The zero-order valence-corrected chi connectivity index (χ0v) is 13.8. The largest absolute Gasteiger partial charge is 0.493 e. The van der Waals surface area contributed by atoms with E-state index in [1.54, 1.807) is 32.2 Å². The second-order valence-corrected chi connectivity index (χ2v) is 5.94. The SMILES string of the molecule is COc1cc(C(C)=O)ccc1OCC[NH+]1C[C@H](C)O[C@@H](C)C1. The number of ether oxygens (including phenoxy) is 3. The fourth-order valence-corrected chi connectivity index (χ4v) is 2.90. The van der Waals surface area contributed by atoms with Gasteiger partial charge in [0.1, 0.15) is 38.4 Å². The molecule has 0 radical (unpaired) electrons. The summed E-state index contributed by atoms with van der Waals surface area (Å²) in [6, 6.07) is 5.30. The summed E-state index contributed by atoms with van der Waals surface area (Å²) in [4.78, 5) is 12.9. The van der Waals surface area contributed by atoms with E-state index in [0.717, 1.165) is 19.6 Å². The van der Waals surface area contributed by atoms with Crippen LogP contribution in [0.2, 0.25) is 0 Å². The van der Waals surface area contributed by atoms with E-state index >= 15 is 0 Å². The van der Waals surface area contributed by atoms with Crippen LogP contribution in [0.25, 0.3) is 0 Å². The smallest absolute Gasteiger partial charge is 0.161 e. The third-order valence-electron chi connectivity index (χ3n) is 3.90. The first-order valence-electron chi connectivity index (χ1n) is 7.80. The summed E-state index contributed by atoms with van der Waals surface area (Å²) in [6.07, 6.45) is 0.589. The second kappa shape index (κ2) is 7.61. The van der Waals surface area contributed by atoms with Crippen LogP contribution in [0.15, 0.2) is 18.2 Å². The lowest BCUT2D eigenvalue weighted by atomic mass is 10.1. The molecule has 0 amide bonds. The lowest BCUT2D eigenvalue weighted by molar-refractivity contribution is -0.915. The van der Waals surface area contributed by atoms with Crippen molar-refractivity contribution in [3.05, 3.63) is 23.8 Å². The minimum atomic E-state index is 0.0191. The van der Waals surface area contributed by atoms with Gasteiger partial charge in [0.05, 0.1) is 7.11 Å². The molecule has 0 saturated carbocycles. The van der Waals surface area contributed by atoms with Gasteiger partial charge in [0.2, 0.25) is 0 Å². The van der Waals surface area contributed by atoms with Crippen LogP contribution in [-0.2, 0) is 4.74 Å². The van der Waals surface area contributed by atoms with Crippen LogP contribution in [0.1, 0.15) is 31.1 Å². The highest BCUT2D eigenvalue weighted by Crippen LogP contribution is 2.28. The molecule has 0 aliphatic carbocycles. The number of carbonyl (C=O) groups is 1. The topological polar surface area (TPSA) is 49.2 Å². The molecule has 1 aromatic carbocycles. The molecule has 1 aliphatic heterocycles. The lowest BCUT2D eigenvalue weighted by Gasteiger charge is -2.32. The Balaban J connectivity index is 1.90. The Morgan fingerprint density at radius 3 is 2.55 bits per heavy atom. The predicted octanol–water partition coefficient (Wildman–Crippen LogP) is 0.969. The standard InChI is InChI=1S/C17H25NO4/c1-12-10-18(11-13(2)22-12)7-8-21-16-6-5-15(14(3)19)9-17(16)20-4/h5-6,9,12-13H,7-8,10-11H2,1-4H3/p+1/t12-,13-/m0/s1. The van der Waals surface area contributed by atoms with Crippen molar-refractivity contribution in [2.75, 3.05) is 33.4 Å². The van der Waals surface area contributed by atoms with Crippen LogP contribution in [0.5, 0.6) is 11.5 Å². The molecular formula is C17H26NO4+. The van der Waals surface area contributed by atoms with Crippen LogP contribution in [0.3, 0.4) is 0 Å². The number of rotatable bonds is 6. The summed E-state index contributed by atoms with van der Waals surface area (Å²) < 4.78 is 16.9. The highest BCUT2D eigenvalue weighted by molar-refractivity contribution is 5.94. The molecule has 0 aromatic heterocycles. The number of methoxy groups -OCH3 is 1. The van der Waals surface area contributed by atoms with Gasteiger partial charge in [-0.05, 0) is 39.0 Å². The molecule has 1 aromatic rings. The Morgan fingerprint density at radius 1 is 1.27 bits per heavy atom. The van der Waals surface area contributed by atoms with Crippen molar-refractivity contribution in [3.8, 4) is 11.5 Å². The summed E-state index contributed by atoms with van der Waals surface area (Å²) in [5, 5.41) is 0. The van der Waals surface area contributed by atoms with Crippen molar-refractivity contribution in [2.45, 2.75) is 33.0 Å². The lowest BCUT2D eigenvalue weighted by Crippen LogP contribution is -3.16. The van der Waals surface area contributed by atoms with Gasteiger partial charge in [-0.1, -0.05) is 0 Å². The molecule has 1 saturated heterocycles. The number of nitrogens with one attached hydrogen (secondary N) is 1. The molecule has 122 valence electrons. The van der Waals surface area contributed by atoms with Crippen LogP contribution in [0, 0.1) is 0 Å². The number of quaternary nitrogens is 1. The van der Waals surface area contributed by atoms with Gasteiger partial charge in [-0.25, -0.2) is 0 Å². The third-order valence-corrected chi connectivity index (χ3v) is 3.90. The van der Waals surface area contributed by atoms with Crippen LogP contribution >= 0.6 is 0 Å². The Kier molecular flexibility index (Phi) is 5.80. The fraction of sp³-hybridized carbons (Fsp3) is 0.588. The molecule has 5 nitrogen and oxygen atoms in total. The Hall–Kier alpha value is -1.59. The van der Waals surface area contributed by atoms with Gasteiger partial charge in [-0.2, -0.15) is 0 Å². The fourth-order valence-electron chi connectivity index (χ4n) is 2.90. The number of hydrogen-bond acceptors (Lipinski definition) is 4. The third kappa shape index (κ3) is 4.45. The number of benzene rings is 1. The van der Waals surface area contributed by atoms with E-state index in [-0.39, 0.29) is 5.78 Å². The number of Topliss-reactive ketones (excluding diaryl/α,β-unsaturated/α-hetero) is 1. The van der Waals surface area contributed by atoms with Crippen LogP contribution < -0.4 is 14.4 Å². The van der Waals surface area contributed by atoms with Gasteiger partial charge in [0.15, 0.2) is 17.3 Å². The Morgan fingerprint density at radius 2 is 1.95 bits per heavy atom. The maximum Gasteiger partial charge on any atom is 0.161 e. The highest BCUT2D eigenvalue weighted by atomic mass is 16.5. The van der Waals surface area contributed by atoms with Crippen molar-refractivity contribution in [1.82, 2.24) is 0 Å². The summed E-state index contributed by atoms with van der Waals surface area (Å²) in [5.74, 6) is 1.30. The minimum Gasteiger partial charge on any atom is -0.493 e. The molecule has 2 atom stereocenters. The van der Waals surface area contributed by atoms with E-state index in [2.05, 4.69) is 13.8 Å². The minimum absolute atomic E-state index is 0.0191. The van der Waals surface area contributed by atoms with E-state index in [4.69, 9.17) is 14.2 Å². The maximum atomic E-state index is 11.4. The molecule has 22 heavy (non-hydrogen) atoms. The van der Waals surface area contributed by atoms with Crippen LogP contribution in [-0.4, -0.2) is 51.3 Å². The molecular weight excluding hydrogens is 282 g/mol. The summed E-state index contributed by atoms with van der Waals surface area (Å²) in [6.45, 7) is 9.32. The molecule has 0 bridgehead atoms. The van der Waals surface area contributed by atoms with Gasteiger partial charge in [-0.15, -0.1) is 0 Å². The molecule has 5 heteroatoms. The molecule has 1 heterocycles. The van der Waals surface area contributed by atoms with Crippen molar-refractivity contribution in [3.63, 3.8) is 0 Å².